The third-order valence-electron chi connectivity index (χ3n) is 2.97. The highest BCUT2D eigenvalue weighted by Crippen LogP contribution is 2.20. The fourth-order valence-corrected chi connectivity index (χ4v) is 1.85. The lowest BCUT2D eigenvalue weighted by Gasteiger charge is -2.20. The molecule has 0 saturated carbocycles. The van der Waals surface area contributed by atoms with Crippen LogP contribution in [0.25, 0.3) is 0 Å². The molecule has 5 heteroatoms. The standard InChI is InChI=1S/C16H22FN3O/c1-16(2,3)18-8-12-5-6-15(14(17)7-12)21-11-13-9-19-20(4)10-13/h5-7,9-10,18H,8,11H2,1-4H3. The van der Waals surface area contributed by atoms with Crippen LogP contribution in [-0.4, -0.2) is 15.3 Å². The molecule has 21 heavy (non-hydrogen) atoms. The number of nitrogens with zero attached hydrogens (tertiary/aromatic N) is 2. The van der Waals surface area contributed by atoms with Gasteiger partial charge in [0.1, 0.15) is 6.61 Å². The average molecular weight is 291 g/mol. The van der Waals surface area contributed by atoms with Crippen LogP contribution in [0.4, 0.5) is 4.39 Å². The van der Waals surface area contributed by atoms with Crippen LogP contribution in [0, 0.1) is 5.82 Å². The summed E-state index contributed by atoms with van der Waals surface area (Å²) in [5, 5.41) is 7.37. The van der Waals surface area contributed by atoms with E-state index in [1.165, 1.54) is 6.07 Å². The van der Waals surface area contributed by atoms with Crippen LogP contribution in [0.1, 0.15) is 31.9 Å². The number of rotatable bonds is 5. The monoisotopic (exact) mass is 291 g/mol. The molecule has 0 spiro atoms. The van der Waals surface area contributed by atoms with Gasteiger partial charge in [-0.3, -0.25) is 4.68 Å². The van der Waals surface area contributed by atoms with Gasteiger partial charge in [-0.2, -0.15) is 5.10 Å². The number of hydrogen-bond donors (Lipinski definition) is 1. The third-order valence-corrected chi connectivity index (χ3v) is 2.97. The van der Waals surface area contributed by atoms with Crippen LogP contribution in [0.15, 0.2) is 30.6 Å². The minimum Gasteiger partial charge on any atom is -0.486 e. The summed E-state index contributed by atoms with van der Waals surface area (Å²) in [5.41, 5.74) is 1.82. The molecule has 4 nitrogen and oxygen atoms in total. The Morgan fingerprint density at radius 1 is 1.29 bits per heavy atom. The van der Waals surface area contributed by atoms with E-state index in [0.717, 1.165) is 11.1 Å². The van der Waals surface area contributed by atoms with Crippen molar-refractivity contribution < 1.29 is 9.13 Å². The highest BCUT2D eigenvalue weighted by atomic mass is 19.1. The normalized spacial score (nSPS) is 11.7. The van der Waals surface area contributed by atoms with Gasteiger partial charge in [-0.1, -0.05) is 6.07 Å². The first-order valence-corrected chi connectivity index (χ1v) is 6.97. The maximum absolute atomic E-state index is 14.0. The molecule has 2 aromatic rings. The molecule has 0 bridgehead atoms. The quantitative estimate of drug-likeness (QED) is 0.920. The largest absolute Gasteiger partial charge is 0.486 e. The van der Waals surface area contributed by atoms with E-state index in [9.17, 15) is 4.39 Å². The summed E-state index contributed by atoms with van der Waals surface area (Å²) in [6.07, 6.45) is 3.55. The van der Waals surface area contributed by atoms with Crippen molar-refractivity contribution in [2.75, 3.05) is 0 Å². The number of hydrogen-bond acceptors (Lipinski definition) is 3. The minimum atomic E-state index is -0.341. The smallest absolute Gasteiger partial charge is 0.165 e. The maximum atomic E-state index is 14.0. The van der Waals surface area contributed by atoms with E-state index in [1.807, 2.05) is 19.3 Å². The molecular weight excluding hydrogens is 269 g/mol. The molecule has 0 aliphatic carbocycles. The van der Waals surface area contributed by atoms with Gasteiger partial charge in [-0.15, -0.1) is 0 Å². The van der Waals surface area contributed by atoms with Crippen molar-refractivity contribution in [1.29, 1.82) is 0 Å². The Morgan fingerprint density at radius 2 is 2.05 bits per heavy atom. The van der Waals surface area contributed by atoms with E-state index in [0.29, 0.717) is 13.2 Å². The molecule has 114 valence electrons. The van der Waals surface area contributed by atoms with Gasteiger partial charge < -0.3 is 10.1 Å². The molecule has 1 aromatic heterocycles. The Balaban J connectivity index is 1.95. The lowest BCUT2D eigenvalue weighted by atomic mass is 10.1. The van der Waals surface area contributed by atoms with Crippen LogP contribution in [0.2, 0.25) is 0 Å². The van der Waals surface area contributed by atoms with Crippen LogP contribution >= 0.6 is 0 Å². The van der Waals surface area contributed by atoms with Crippen molar-refractivity contribution in [2.24, 2.45) is 7.05 Å². The molecule has 0 atom stereocenters. The number of ether oxygens (including phenoxy) is 1. The zero-order valence-corrected chi connectivity index (χ0v) is 13.0. The summed E-state index contributed by atoms with van der Waals surface area (Å²) in [7, 11) is 1.83. The van der Waals surface area contributed by atoms with Gasteiger partial charge in [0.05, 0.1) is 6.20 Å². The summed E-state index contributed by atoms with van der Waals surface area (Å²) in [6, 6.07) is 5.06. The average Bonchev–Trinajstić information content (AvgIpc) is 2.80. The Kier molecular flexibility index (Phi) is 4.63. The molecule has 0 saturated heterocycles. The Morgan fingerprint density at radius 3 is 2.62 bits per heavy atom. The van der Waals surface area contributed by atoms with Crippen LogP contribution in [-0.2, 0) is 20.2 Å². The molecule has 0 fully saturated rings. The molecule has 0 unspecified atom stereocenters. The lowest BCUT2D eigenvalue weighted by molar-refractivity contribution is 0.290. The molecule has 0 aliphatic heterocycles. The van der Waals surface area contributed by atoms with Crippen molar-refractivity contribution in [2.45, 2.75) is 39.5 Å². The first-order chi connectivity index (χ1) is 9.83. The van der Waals surface area contributed by atoms with E-state index < -0.39 is 0 Å². The molecule has 0 aliphatic rings. The van der Waals surface area contributed by atoms with Gasteiger partial charge in [-0.05, 0) is 38.5 Å². The van der Waals surface area contributed by atoms with E-state index in [2.05, 4.69) is 31.2 Å². The number of benzene rings is 1. The first kappa shape index (κ1) is 15.5. The van der Waals surface area contributed by atoms with Gasteiger partial charge in [0.25, 0.3) is 0 Å². The Bertz CT molecular complexity index is 602. The van der Waals surface area contributed by atoms with Crippen molar-refractivity contribution >= 4 is 0 Å². The van der Waals surface area contributed by atoms with E-state index in [1.54, 1.807) is 16.9 Å². The highest BCUT2D eigenvalue weighted by molar-refractivity contribution is 5.29. The third kappa shape index (κ3) is 4.86. The second-order valence-electron chi connectivity index (χ2n) is 6.18. The van der Waals surface area contributed by atoms with Crippen molar-refractivity contribution in [3.63, 3.8) is 0 Å². The van der Waals surface area contributed by atoms with Gasteiger partial charge in [0.15, 0.2) is 11.6 Å². The Hall–Kier alpha value is -1.88. The molecule has 0 amide bonds. The number of nitrogens with one attached hydrogen (secondary N) is 1. The maximum Gasteiger partial charge on any atom is 0.165 e. The van der Waals surface area contributed by atoms with E-state index in [4.69, 9.17) is 4.74 Å². The van der Waals surface area contributed by atoms with Crippen molar-refractivity contribution in [3.05, 3.63) is 47.5 Å². The molecule has 1 N–H and O–H groups in total. The second kappa shape index (κ2) is 6.26. The zero-order chi connectivity index (χ0) is 15.5. The summed E-state index contributed by atoms with van der Waals surface area (Å²) in [5.74, 6) is -0.0783. The van der Waals surface area contributed by atoms with Gasteiger partial charge in [0, 0.05) is 30.9 Å². The zero-order valence-electron chi connectivity index (χ0n) is 13.0. The summed E-state index contributed by atoms with van der Waals surface area (Å²) < 4.78 is 21.2. The van der Waals surface area contributed by atoms with Gasteiger partial charge in [0.2, 0.25) is 0 Å². The summed E-state index contributed by atoms with van der Waals surface area (Å²) in [6.45, 7) is 7.17. The summed E-state index contributed by atoms with van der Waals surface area (Å²) in [4.78, 5) is 0. The van der Waals surface area contributed by atoms with Crippen LogP contribution in [0.3, 0.4) is 0 Å². The second-order valence-corrected chi connectivity index (χ2v) is 6.18. The highest BCUT2D eigenvalue weighted by Gasteiger charge is 2.10. The number of halogens is 1. The molecule has 1 heterocycles. The topological polar surface area (TPSA) is 39.1 Å². The van der Waals surface area contributed by atoms with Gasteiger partial charge in [-0.25, -0.2) is 4.39 Å². The molecule has 2 rings (SSSR count). The van der Waals surface area contributed by atoms with Crippen LogP contribution in [0.5, 0.6) is 5.75 Å². The number of aromatic nitrogens is 2. The van der Waals surface area contributed by atoms with Gasteiger partial charge >= 0.3 is 0 Å². The van der Waals surface area contributed by atoms with E-state index in [-0.39, 0.29) is 17.1 Å². The fraction of sp³-hybridized carbons (Fsp3) is 0.438. The fourth-order valence-electron chi connectivity index (χ4n) is 1.85. The van der Waals surface area contributed by atoms with Crippen LogP contribution < -0.4 is 10.1 Å². The predicted molar refractivity (Wildman–Crippen MR) is 80.5 cm³/mol. The van der Waals surface area contributed by atoms with Crippen molar-refractivity contribution in [3.8, 4) is 5.75 Å². The molecule has 0 radical (unpaired) electrons. The first-order valence-electron chi connectivity index (χ1n) is 6.97. The minimum absolute atomic E-state index is 0.00591. The molecule has 1 aromatic carbocycles. The number of aryl methyl sites for hydroxylation is 1. The predicted octanol–water partition coefficient (Wildman–Crippen LogP) is 3.03. The van der Waals surface area contributed by atoms with E-state index >= 15 is 0 Å². The van der Waals surface area contributed by atoms with Crippen molar-refractivity contribution in [1.82, 2.24) is 15.1 Å². The molecular formula is C16H22FN3O. The SMILES string of the molecule is Cn1cc(COc2ccc(CNC(C)(C)C)cc2F)cn1. The summed E-state index contributed by atoms with van der Waals surface area (Å²) >= 11 is 0. The Labute approximate surface area is 124 Å². The lowest BCUT2D eigenvalue weighted by Crippen LogP contribution is -2.35.